The second-order valence-electron chi connectivity index (χ2n) is 28.2. The van der Waals surface area contributed by atoms with Crippen LogP contribution in [0.2, 0.25) is 0 Å². The number of nitrogens with one attached hydrogen (secondary N) is 2. The van der Waals surface area contributed by atoms with Crippen LogP contribution >= 0.6 is 0 Å². The first kappa shape index (κ1) is 95.5. The molecule has 0 radical (unpaired) electrons. The number of aromatic amines is 1. The van der Waals surface area contributed by atoms with Gasteiger partial charge in [-0.2, -0.15) is 4.31 Å². The highest BCUT2D eigenvalue weighted by Crippen LogP contribution is 2.35. The summed E-state index contributed by atoms with van der Waals surface area (Å²) in [6.07, 6.45) is 9.26. The van der Waals surface area contributed by atoms with Gasteiger partial charge in [-0.1, -0.05) is 288 Å². The number of carboxylic acid groups (broad SMARTS) is 2. The van der Waals surface area contributed by atoms with E-state index >= 15 is 0 Å². The van der Waals surface area contributed by atoms with E-state index in [1.54, 1.807) is 13.0 Å². The number of sulfonamides is 3. The van der Waals surface area contributed by atoms with Crippen molar-refractivity contribution in [3.63, 3.8) is 0 Å². The largest absolute Gasteiger partial charge is 0.872 e. The Balaban J connectivity index is 0.000000180. The summed E-state index contributed by atoms with van der Waals surface area (Å²) in [5.41, 5.74) is 5.81. The van der Waals surface area contributed by atoms with Gasteiger partial charge in [0, 0.05) is 61.3 Å². The van der Waals surface area contributed by atoms with Crippen LogP contribution in [0.25, 0.3) is 38.0 Å². The lowest BCUT2D eigenvalue weighted by Gasteiger charge is -2.35. The molecule has 0 spiro atoms. The molecule has 12 aromatic rings. The van der Waals surface area contributed by atoms with Gasteiger partial charge < -0.3 is 39.2 Å². The Morgan fingerprint density at radius 2 is 0.843 bits per heavy atom. The number of cyclic esters (lactones) is 1. The standard InChI is InChI=1S/C21H16N2.2C18H15S.C12H22N3O8S3.C12H27N.C8H8O3.C7H6O3/c1-4-10-16(11-5-1)19-20(17-12-6-2-7-13-17)23-21(22-19)18-14-8-3-9-15-18;2*1-4-10-16(11-5-1)19(17-12-6-2-7-13-17)18-14-8-3-9-15-18;1-24(17,18)13-25(19,20)9-2-10-26(21,22)15-6-4-14(5-7-15)11-3-8-23-12(11)16;1-4-7-10-13(11-8-5-2)12-9-6-3;1-5-2-3-6(8(10)11)7(9)4-5;8-6-4-2-1-3-5(6)7(9)10/h1-15H,(H,22,23);2*1-15H;11H,2-10H2,1H3;4-12H2,1-3H3;2-4,9H,1H3,(H,10,11);1-4,8H,(H,9,10)/q;2*+1;-1;;;/p-1. The average molecular weight is 1730 g/mol. The molecule has 2 aliphatic rings. The fourth-order valence-electron chi connectivity index (χ4n) is 12.9. The summed E-state index contributed by atoms with van der Waals surface area (Å²) in [7, 11) is -12.0. The maximum absolute atomic E-state index is 12.3. The number of para-hydroxylation sites is 1. The summed E-state index contributed by atoms with van der Waals surface area (Å²) in [6, 6.07) is 105. The number of ether oxygens (including phenoxy) is 1. The van der Waals surface area contributed by atoms with Crippen molar-refractivity contribution in [3.8, 4) is 45.4 Å². The molecule has 2 aliphatic heterocycles. The van der Waals surface area contributed by atoms with Crippen LogP contribution in [-0.2, 0) is 61.4 Å². The van der Waals surface area contributed by atoms with E-state index in [9.17, 15) is 49.9 Å². The molecule has 636 valence electrons. The van der Waals surface area contributed by atoms with E-state index in [-0.39, 0.29) is 64.4 Å². The number of carboxylic acids is 2. The van der Waals surface area contributed by atoms with Crippen molar-refractivity contribution in [2.45, 2.75) is 114 Å². The van der Waals surface area contributed by atoms with Crippen LogP contribution in [0, 0.1) is 6.92 Å². The first-order chi connectivity index (χ1) is 58.4. The molecule has 0 amide bonds. The number of carbonyl (C=O) groups excluding carboxylic acids is 1. The number of unbranched alkanes of at least 4 members (excludes halogenated alkanes) is 3. The molecule has 4 N–H and O–H groups in total. The Labute approximate surface area is 719 Å². The average Bonchev–Trinajstić information content (AvgIpc) is 1.67. The van der Waals surface area contributed by atoms with E-state index in [2.05, 4.69) is 248 Å². The Morgan fingerprint density at radius 1 is 0.479 bits per heavy atom. The maximum Gasteiger partial charge on any atom is 0.335 e. The summed E-state index contributed by atoms with van der Waals surface area (Å²) < 4.78 is 78.4. The van der Waals surface area contributed by atoms with Gasteiger partial charge in [0.15, 0.2) is 29.4 Å². The van der Waals surface area contributed by atoms with Crippen molar-refractivity contribution in [3.05, 3.63) is 336 Å². The Bertz CT molecular complexity index is 5020. The lowest BCUT2D eigenvalue weighted by atomic mass is 10.1. The smallest absolute Gasteiger partial charge is 0.335 e. The van der Waals surface area contributed by atoms with Crippen LogP contribution in [0.15, 0.2) is 345 Å². The molecule has 121 heavy (non-hydrogen) atoms. The van der Waals surface area contributed by atoms with Crippen molar-refractivity contribution in [2.24, 2.45) is 0 Å². The van der Waals surface area contributed by atoms with Crippen LogP contribution in [-0.4, -0.2) is 149 Å². The number of aromatic nitrogens is 2. The van der Waals surface area contributed by atoms with Crippen molar-refractivity contribution in [2.75, 3.05) is 70.2 Å². The second kappa shape index (κ2) is 50.3. The second-order valence-corrected chi connectivity index (χ2v) is 38.0. The predicted octanol–water partition coefficient (Wildman–Crippen LogP) is 16.8. The number of esters is 1. The fourth-order valence-corrected chi connectivity index (χ4v) is 21.2. The maximum atomic E-state index is 12.3. The van der Waals surface area contributed by atoms with Gasteiger partial charge in [0.25, 0.3) is 0 Å². The number of aromatic carboxylic acids is 2. The zero-order chi connectivity index (χ0) is 86.8. The molecule has 1 aromatic heterocycles. The first-order valence-corrected chi connectivity index (χ1v) is 47.8. The highest BCUT2D eigenvalue weighted by Gasteiger charge is 2.37. The van der Waals surface area contributed by atoms with E-state index in [1.165, 1.54) is 128 Å². The molecule has 0 bridgehead atoms. The Kier molecular flexibility index (Phi) is 39.7. The minimum absolute atomic E-state index is 0.0146. The SMILES string of the molecule is CCCC[NH+](CCCC)CCCC.CS(=O)(=O)[N-]S(=O)(=O)CCCS(=O)(=O)N1CCN(C2CCOC2=O)CC1.Cc1ccc(C(=O)O)c([O-])c1.O=C(O)c1ccccc1[O-].c1ccc(-c2nc(-c3ccccc3)c(-c3ccccc3)[nH]2)cc1.c1ccc([S+](c2ccccc2)c2ccccc2)cc1.c1ccc([S+](c2ccccc2)c2ccccc2)cc1. The van der Waals surface area contributed by atoms with Crippen molar-refractivity contribution < 1.29 is 69.7 Å². The summed E-state index contributed by atoms with van der Waals surface area (Å²) in [5, 5.41) is 38.4. The number of aryl methyl sites for hydroxylation is 1. The number of benzene rings is 11. The Hall–Kier alpha value is -11.0. The van der Waals surface area contributed by atoms with Gasteiger partial charge in [-0.3, -0.25) is 9.69 Å². The van der Waals surface area contributed by atoms with E-state index in [0.717, 1.165) is 39.5 Å². The molecule has 20 nitrogen and oxygen atoms in total. The number of quaternary nitrogens is 1. The third-order valence-corrected chi connectivity index (χ3v) is 28.2. The fraction of sp³-hybridized carbons (Fsp3) is 0.250. The number of hydrogen-bond donors (Lipinski definition) is 4. The molecule has 0 aliphatic carbocycles. The highest BCUT2D eigenvalue weighted by molar-refractivity contribution is 8.11. The third kappa shape index (κ3) is 32.2. The van der Waals surface area contributed by atoms with Crippen LogP contribution in [0.3, 0.4) is 0 Å². The van der Waals surface area contributed by atoms with Gasteiger partial charge in [-0.05, 0) is 118 Å². The van der Waals surface area contributed by atoms with Gasteiger partial charge in [0.2, 0.25) is 10.0 Å². The monoisotopic (exact) mass is 1730 g/mol. The topological polar surface area (TPSA) is 303 Å². The number of carbonyl (C=O) groups is 3. The molecule has 14 rings (SSSR count). The normalized spacial score (nSPS) is 13.3. The van der Waals surface area contributed by atoms with E-state index in [4.69, 9.17) is 19.9 Å². The molecule has 2 fully saturated rings. The van der Waals surface area contributed by atoms with Gasteiger partial charge >= 0.3 is 17.9 Å². The quantitative estimate of drug-likeness (QED) is 0.0262. The molecular formula is C96H108N6O14S5. The minimum atomic E-state index is -4.22. The molecular weight excluding hydrogens is 1620 g/mol. The number of nitrogens with zero attached hydrogens (tertiary/aromatic N) is 4. The summed E-state index contributed by atoms with van der Waals surface area (Å²) in [5.74, 6) is -3.71. The molecule has 25 heteroatoms. The summed E-state index contributed by atoms with van der Waals surface area (Å²) in [4.78, 5) is 52.4. The molecule has 1 unspecified atom stereocenters. The van der Waals surface area contributed by atoms with Gasteiger partial charge in [-0.25, -0.2) is 39.8 Å². The van der Waals surface area contributed by atoms with E-state index < -0.39 is 65.0 Å². The van der Waals surface area contributed by atoms with Crippen LogP contribution < -0.4 is 15.1 Å². The summed E-state index contributed by atoms with van der Waals surface area (Å²) in [6.45, 7) is 14.4. The van der Waals surface area contributed by atoms with Crippen molar-refractivity contribution >= 4 is 69.8 Å². The number of H-pyrrole nitrogens is 1. The van der Waals surface area contributed by atoms with Gasteiger partial charge in [-0.15, -0.1) is 0 Å². The molecule has 0 saturated carbocycles. The number of rotatable bonds is 28. The van der Waals surface area contributed by atoms with E-state index in [0.29, 0.717) is 32.4 Å². The minimum Gasteiger partial charge on any atom is -0.872 e. The third-order valence-electron chi connectivity index (χ3n) is 18.9. The predicted molar refractivity (Wildman–Crippen MR) is 481 cm³/mol. The first-order valence-electron chi connectivity index (χ1n) is 40.3. The van der Waals surface area contributed by atoms with Crippen LogP contribution in [0.5, 0.6) is 11.5 Å². The van der Waals surface area contributed by atoms with Gasteiger partial charge in [0.05, 0.1) is 96.3 Å². The van der Waals surface area contributed by atoms with Crippen molar-refractivity contribution in [1.82, 2.24) is 19.2 Å². The molecule has 1 atom stereocenters. The van der Waals surface area contributed by atoms with Crippen LogP contribution in [0.4, 0.5) is 0 Å². The highest BCUT2D eigenvalue weighted by atomic mass is 32.3. The molecule has 2 saturated heterocycles. The van der Waals surface area contributed by atoms with Crippen molar-refractivity contribution in [1.29, 1.82) is 0 Å². The zero-order valence-corrected chi connectivity index (χ0v) is 73.0. The lowest BCUT2D eigenvalue weighted by molar-refractivity contribution is -0.900. The molecule has 11 aromatic carbocycles. The van der Waals surface area contributed by atoms with Gasteiger partial charge in [0.1, 0.15) is 11.9 Å². The number of piperazine rings is 1. The molecule has 3 heterocycles. The summed E-state index contributed by atoms with van der Waals surface area (Å²) >= 11 is 0. The zero-order valence-electron chi connectivity index (χ0n) is 69.0. The Morgan fingerprint density at radius 3 is 1.19 bits per heavy atom. The lowest BCUT2D eigenvalue weighted by Crippen LogP contribution is -3.12. The van der Waals surface area contributed by atoms with Crippen LogP contribution in [0.1, 0.15) is 98.4 Å². The number of imidazole rings is 1. The van der Waals surface area contributed by atoms with E-state index in [1.807, 2.05) is 64.4 Å². The number of hydrogen-bond acceptors (Lipinski definition) is 14.